The first kappa shape index (κ1) is 15.5. The Morgan fingerprint density at radius 3 is 2.74 bits per heavy atom. The fraction of sp³-hybridized carbons (Fsp3) is 0.176. The number of aliphatic hydroxyl groups excluding tert-OH is 1. The summed E-state index contributed by atoms with van der Waals surface area (Å²) >= 11 is 6.26. The lowest BCUT2D eigenvalue weighted by Crippen LogP contribution is -2.24. The molecule has 0 amide bonds. The minimum atomic E-state index is -0.692. The maximum atomic E-state index is 9.59. The summed E-state index contributed by atoms with van der Waals surface area (Å²) in [6.45, 7) is 1.62. The Balaban J connectivity index is 2.05. The molecule has 3 aromatic rings. The molecule has 0 aliphatic carbocycles. The third-order valence-corrected chi connectivity index (χ3v) is 4.06. The zero-order valence-corrected chi connectivity index (χ0v) is 13.2. The minimum Gasteiger partial charge on any atom is -0.391 e. The monoisotopic (exact) mass is 326 g/mol. The van der Waals surface area contributed by atoms with Crippen LogP contribution in [0.2, 0.25) is 5.02 Å². The number of imidazole rings is 1. The second-order valence-electron chi connectivity index (χ2n) is 5.43. The van der Waals surface area contributed by atoms with Gasteiger partial charge in [-0.05, 0) is 36.8 Å². The van der Waals surface area contributed by atoms with Crippen LogP contribution in [0.3, 0.4) is 0 Å². The molecule has 3 rings (SSSR count). The molecule has 5 nitrogen and oxygen atoms in total. The Morgan fingerprint density at radius 1 is 1.30 bits per heavy atom. The number of nitriles is 1. The number of aromatic amines is 1. The van der Waals surface area contributed by atoms with E-state index >= 15 is 0 Å². The Morgan fingerprint density at radius 2 is 2.09 bits per heavy atom. The van der Waals surface area contributed by atoms with E-state index in [1.54, 1.807) is 19.1 Å². The van der Waals surface area contributed by atoms with Crippen LogP contribution in [0.25, 0.3) is 22.2 Å². The lowest BCUT2D eigenvalue weighted by molar-refractivity contribution is 0.161. The molecule has 116 valence electrons. The number of H-pyrrole nitrogens is 1. The van der Waals surface area contributed by atoms with Crippen molar-refractivity contribution in [3.8, 4) is 17.2 Å². The van der Waals surface area contributed by atoms with Gasteiger partial charge in [0.2, 0.25) is 0 Å². The molecule has 0 radical (unpaired) electrons. The molecular formula is C17H15ClN4O. The van der Waals surface area contributed by atoms with Crippen molar-refractivity contribution < 1.29 is 5.11 Å². The van der Waals surface area contributed by atoms with Crippen molar-refractivity contribution in [2.45, 2.75) is 19.1 Å². The van der Waals surface area contributed by atoms with Crippen molar-refractivity contribution in [2.24, 2.45) is 5.73 Å². The van der Waals surface area contributed by atoms with E-state index in [0.29, 0.717) is 16.4 Å². The van der Waals surface area contributed by atoms with E-state index in [4.69, 9.17) is 22.6 Å². The highest BCUT2D eigenvalue weighted by molar-refractivity contribution is 6.33. The standard InChI is InChI=1S/C17H15ClN4O/c1-9(23)16(20)17-21-14-5-3-11(7-15(14)22-17)12-4-2-10(8-19)6-13(12)18/h2-7,9,16,23H,20H2,1H3,(H,21,22). The number of hydrogen-bond donors (Lipinski definition) is 3. The molecule has 0 saturated heterocycles. The van der Waals surface area contributed by atoms with Crippen LogP contribution >= 0.6 is 11.6 Å². The van der Waals surface area contributed by atoms with Crippen molar-refractivity contribution in [2.75, 3.05) is 0 Å². The smallest absolute Gasteiger partial charge is 0.126 e. The van der Waals surface area contributed by atoms with E-state index in [1.165, 1.54) is 0 Å². The molecule has 0 bridgehead atoms. The van der Waals surface area contributed by atoms with Gasteiger partial charge in [-0.15, -0.1) is 0 Å². The number of rotatable bonds is 3. The number of aromatic nitrogens is 2. The predicted molar refractivity (Wildman–Crippen MR) is 89.9 cm³/mol. The number of benzene rings is 2. The summed E-state index contributed by atoms with van der Waals surface area (Å²) in [5, 5.41) is 19.0. The summed E-state index contributed by atoms with van der Waals surface area (Å²) in [5.41, 5.74) is 9.76. The van der Waals surface area contributed by atoms with Gasteiger partial charge in [0.1, 0.15) is 5.82 Å². The molecule has 2 aromatic carbocycles. The van der Waals surface area contributed by atoms with Crippen LogP contribution in [-0.4, -0.2) is 21.2 Å². The molecule has 0 aliphatic rings. The first-order valence-corrected chi connectivity index (χ1v) is 7.50. The van der Waals surface area contributed by atoms with Crippen LogP contribution in [-0.2, 0) is 0 Å². The quantitative estimate of drug-likeness (QED) is 0.688. The van der Waals surface area contributed by atoms with Gasteiger partial charge in [-0.25, -0.2) is 4.98 Å². The summed E-state index contributed by atoms with van der Waals surface area (Å²) in [5.74, 6) is 0.540. The van der Waals surface area contributed by atoms with Gasteiger partial charge >= 0.3 is 0 Å². The van der Waals surface area contributed by atoms with Gasteiger partial charge in [-0.1, -0.05) is 23.7 Å². The Bertz CT molecular complexity index is 911. The number of aliphatic hydroxyl groups is 1. The van der Waals surface area contributed by atoms with Crippen LogP contribution in [0.4, 0.5) is 0 Å². The van der Waals surface area contributed by atoms with E-state index in [0.717, 1.165) is 22.2 Å². The van der Waals surface area contributed by atoms with Gasteiger partial charge in [-0.3, -0.25) is 0 Å². The van der Waals surface area contributed by atoms with Crippen molar-refractivity contribution in [1.82, 2.24) is 9.97 Å². The Labute approximate surface area is 138 Å². The van der Waals surface area contributed by atoms with Crippen molar-refractivity contribution in [3.63, 3.8) is 0 Å². The van der Waals surface area contributed by atoms with Crippen molar-refractivity contribution in [3.05, 3.63) is 52.8 Å². The fourth-order valence-corrected chi connectivity index (χ4v) is 2.69. The molecule has 23 heavy (non-hydrogen) atoms. The third kappa shape index (κ3) is 2.92. The predicted octanol–water partition coefficient (Wildman–Crippen LogP) is 3.14. The highest BCUT2D eigenvalue weighted by atomic mass is 35.5. The molecule has 1 aromatic heterocycles. The molecule has 0 fully saturated rings. The summed E-state index contributed by atoms with van der Waals surface area (Å²) in [4.78, 5) is 7.54. The topological polar surface area (TPSA) is 98.7 Å². The zero-order chi connectivity index (χ0) is 16.6. The molecule has 2 atom stereocenters. The summed E-state index contributed by atoms with van der Waals surface area (Å²) in [6, 6.07) is 12.4. The Kier molecular flexibility index (Phi) is 4.05. The highest BCUT2D eigenvalue weighted by Gasteiger charge is 2.16. The number of hydrogen-bond acceptors (Lipinski definition) is 4. The average Bonchev–Trinajstić information content (AvgIpc) is 2.96. The summed E-state index contributed by atoms with van der Waals surface area (Å²) in [7, 11) is 0. The van der Waals surface area contributed by atoms with E-state index in [1.807, 2.05) is 24.3 Å². The lowest BCUT2D eigenvalue weighted by atomic mass is 10.0. The van der Waals surface area contributed by atoms with E-state index in [-0.39, 0.29) is 0 Å². The molecular weight excluding hydrogens is 312 g/mol. The SMILES string of the molecule is CC(O)C(N)c1nc2ccc(-c3ccc(C#N)cc3Cl)cc2[nH]1. The van der Waals surface area contributed by atoms with Gasteiger partial charge in [0.25, 0.3) is 0 Å². The number of nitrogens with two attached hydrogens (primary N) is 1. The third-order valence-electron chi connectivity index (χ3n) is 3.74. The highest BCUT2D eigenvalue weighted by Crippen LogP contribution is 2.30. The normalized spacial score (nSPS) is 13.7. The largest absolute Gasteiger partial charge is 0.391 e. The fourth-order valence-electron chi connectivity index (χ4n) is 2.40. The maximum Gasteiger partial charge on any atom is 0.126 e. The number of halogens is 1. The van der Waals surface area contributed by atoms with Gasteiger partial charge in [0.15, 0.2) is 0 Å². The molecule has 1 heterocycles. The second kappa shape index (κ2) is 6.01. The maximum absolute atomic E-state index is 9.59. The van der Waals surface area contributed by atoms with Gasteiger partial charge in [0.05, 0.1) is 34.8 Å². The Hall–Kier alpha value is -2.39. The lowest BCUT2D eigenvalue weighted by Gasteiger charge is -2.10. The van der Waals surface area contributed by atoms with Gasteiger partial charge in [-0.2, -0.15) is 5.26 Å². The van der Waals surface area contributed by atoms with E-state index in [9.17, 15) is 5.11 Å². The van der Waals surface area contributed by atoms with Gasteiger partial charge < -0.3 is 15.8 Å². The van der Waals surface area contributed by atoms with Crippen molar-refractivity contribution >= 4 is 22.6 Å². The molecule has 6 heteroatoms. The van der Waals surface area contributed by atoms with Gasteiger partial charge in [0, 0.05) is 10.6 Å². The van der Waals surface area contributed by atoms with Crippen molar-refractivity contribution in [1.29, 1.82) is 5.26 Å². The zero-order valence-electron chi connectivity index (χ0n) is 12.4. The molecule has 2 unspecified atom stereocenters. The van der Waals surface area contributed by atoms with Crippen LogP contribution in [0.15, 0.2) is 36.4 Å². The molecule has 0 saturated carbocycles. The molecule has 0 aliphatic heterocycles. The number of fused-ring (bicyclic) bond motifs is 1. The molecule has 0 spiro atoms. The van der Waals surface area contributed by atoms with E-state index in [2.05, 4.69) is 16.0 Å². The summed E-state index contributed by atoms with van der Waals surface area (Å²) in [6.07, 6.45) is -0.692. The van der Waals surface area contributed by atoms with E-state index < -0.39 is 12.1 Å². The number of nitrogens with zero attached hydrogens (tertiary/aromatic N) is 2. The minimum absolute atomic E-state index is 0.517. The summed E-state index contributed by atoms with van der Waals surface area (Å²) < 4.78 is 0. The van der Waals surface area contributed by atoms with Crippen LogP contribution in [0.5, 0.6) is 0 Å². The van der Waals surface area contributed by atoms with Crippen LogP contribution in [0, 0.1) is 11.3 Å². The average molecular weight is 327 g/mol. The molecule has 4 N–H and O–H groups in total. The first-order valence-electron chi connectivity index (χ1n) is 7.13. The number of nitrogens with one attached hydrogen (secondary N) is 1. The second-order valence-corrected chi connectivity index (χ2v) is 5.83. The van der Waals surface area contributed by atoms with Crippen LogP contribution < -0.4 is 5.73 Å². The van der Waals surface area contributed by atoms with Crippen LogP contribution in [0.1, 0.15) is 24.4 Å². The first-order chi connectivity index (χ1) is 11.0.